The Bertz CT molecular complexity index is 558. The van der Waals surface area contributed by atoms with E-state index in [9.17, 15) is 9.90 Å². The van der Waals surface area contributed by atoms with Gasteiger partial charge in [-0.25, -0.2) is 0 Å². The predicted molar refractivity (Wildman–Crippen MR) is 87.1 cm³/mol. The smallest absolute Gasteiger partial charge is 0.221 e. The Labute approximate surface area is 131 Å². The summed E-state index contributed by atoms with van der Waals surface area (Å²) in [6, 6.07) is 19.5. The maximum absolute atomic E-state index is 11.9. The summed E-state index contributed by atoms with van der Waals surface area (Å²) in [6.07, 6.45) is 0.260. The van der Waals surface area contributed by atoms with E-state index in [1.165, 1.54) is 0 Å². The predicted octanol–water partition coefficient (Wildman–Crippen LogP) is 1.84. The fraction of sp³-hybridized carbons (Fsp3) is 0.278. The fourth-order valence-electron chi connectivity index (χ4n) is 2.15. The lowest BCUT2D eigenvalue weighted by molar-refractivity contribution is -0.122. The number of benzene rings is 2. The highest BCUT2D eigenvalue weighted by atomic mass is 16.3. The quantitative estimate of drug-likeness (QED) is 0.697. The van der Waals surface area contributed by atoms with Crippen molar-refractivity contribution in [2.24, 2.45) is 0 Å². The van der Waals surface area contributed by atoms with Crippen molar-refractivity contribution < 1.29 is 9.90 Å². The summed E-state index contributed by atoms with van der Waals surface area (Å²) in [5.41, 5.74) is 2.19. The van der Waals surface area contributed by atoms with E-state index < -0.39 is 0 Å². The molecule has 1 amide bonds. The summed E-state index contributed by atoms with van der Waals surface area (Å²) < 4.78 is 0. The first-order chi connectivity index (χ1) is 10.8. The SMILES string of the molecule is O=C(CC(CO)NCc1ccccc1)NCc1ccccc1. The van der Waals surface area contributed by atoms with Gasteiger partial charge in [-0.05, 0) is 11.1 Å². The summed E-state index contributed by atoms with van der Waals surface area (Å²) >= 11 is 0. The number of nitrogens with one attached hydrogen (secondary N) is 2. The molecule has 0 heterocycles. The summed E-state index contributed by atoms with van der Waals surface area (Å²) in [6.45, 7) is 1.08. The van der Waals surface area contributed by atoms with Gasteiger partial charge in [-0.2, -0.15) is 0 Å². The molecule has 0 aliphatic carbocycles. The van der Waals surface area contributed by atoms with E-state index in [1.54, 1.807) is 0 Å². The molecule has 2 rings (SSSR count). The van der Waals surface area contributed by atoms with Crippen LogP contribution in [0.5, 0.6) is 0 Å². The minimum Gasteiger partial charge on any atom is -0.395 e. The zero-order chi connectivity index (χ0) is 15.6. The number of amides is 1. The average Bonchev–Trinajstić information content (AvgIpc) is 2.58. The third-order valence-corrected chi connectivity index (χ3v) is 3.42. The molecule has 2 aromatic rings. The van der Waals surface area contributed by atoms with Crippen LogP contribution in [0.4, 0.5) is 0 Å². The lowest BCUT2D eigenvalue weighted by Crippen LogP contribution is -2.37. The second-order valence-electron chi connectivity index (χ2n) is 5.21. The van der Waals surface area contributed by atoms with Gasteiger partial charge in [0.2, 0.25) is 5.91 Å². The highest BCUT2D eigenvalue weighted by Gasteiger charge is 2.12. The van der Waals surface area contributed by atoms with Crippen molar-refractivity contribution in [2.45, 2.75) is 25.6 Å². The molecule has 1 unspecified atom stereocenters. The highest BCUT2D eigenvalue weighted by molar-refractivity contribution is 5.76. The molecule has 0 radical (unpaired) electrons. The third-order valence-electron chi connectivity index (χ3n) is 3.42. The van der Waals surface area contributed by atoms with Gasteiger partial charge in [0.15, 0.2) is 0 Å². The van der Waals surface area contributed by atoms with Crippen LogP contribution >= 0.6 is 0 Å². The molecule has 0 saturated carbocycles. The van der Waals surface area contributed by atoms with E-state index in [2.05, 4.69) is 10.6 Å². The minimum absolute atomic E-state index is 0.0639. The minimum atomic E-state index is -0.240. The maximum Gasteiger partial charge on any atom is 0.221 e. The molecule has 0 aliphatic rings. The molecule has 22 heavy (non-hydrogen) atoms. The van der Waals surface area contributed by atoms with Crippen LogP contribution in [-0.2, 0) is 17.9 Å². The van der Waals surface area contributed by atoms with Crippen LogP contribution in [0.3, 0.4) is 0 Å². The molecule has 0 saturated heterocycles. The summed E-state index contributed by atoms with van der Waals surface area (Å²) in [5, 5.41) is 15.5. The zero-order valence-electron chi connectivity index (χ0n) is 12.5. The van der Waals surface area contributed by atoms with Gasteiger partial charge < -0.3 is 15.7 Å². The number of hydrogen-bond donors (Lipinski definition) is 3. The Morgan fingerprint density at radius 1 is 0.909 bits per heavy atom. The first kappa shape index (κ1) is 16.2. The summed E-state index contributed by atoms with van der Waals surface area (Å²) in [7, 11) is 0. The number of carbonyl (C=O) groups excluding carboxylic acids is 1. The zero-order valence-corrected chi connectivity index (χ0v) is 12.5. The molecule has 1 atom stereocenters. The first-order valence-corrected chi connectivity index (χ1v) is 7.46. The van der Waals surface area contributed by atoms with Crippen molar-refractivity contribution in [3.63, 3.8) is 0 Å². The summed E-state index contributed by atoms with van der Waals surface area (Å²) in [4.78, 5) is 11.9. The Kier molecular flexibility index (Phi) is 6.61. The number of aliphatic hydroxyl groups is 1. The molecule has 0 fully saturated rings. The average molecular weight is 298 g/mol. The monoisotopic (exact) mass is 298 g/mol. The van der Waals surface area contributed by atoms with Crippen LogP contribution in [0.25, 0.3) is 0 Å². The highest BCUT2D eigenvalue weighted by Crippen LogP contribution is 2.01. The van der Waals surface area contributed by atoms with Crippen LogP contribution in [0.15, 0.2) is 60.7 Å². The van der Waals surface area contributed by atoms with Crippen LogP contribution in [0.1, 0.15) is 17.5 Å². The van der Waals surface area contributed by atoms with Gasteiger partial charge in [0, 0.05) is 25.6 Å². The number of carbonyl (C=O) groups is 1. The lowest BCUT2D eigenvalue weighted by Gasteiger charge is -2.16. The standard InChI is InChI=1S/C18H22N2O2/c21-14-17(19-12-15-7-3-1-4-8-15)11-18(22)20-13-16-9-5-2-6-10-16/h1-10,17,19,21H,11-14H2,(H,20,22). The molecular weight excluding hydrogens is 276 g/mol. The van der Waals surface area contributed by atoms with Crippen molar-refractivity contribution in [3.8, 4) is 0 Å². The molecule has 0 aliphatic heterocycles. The fourth-order valence-corrected chi connectivity index (χ4v) is 2.15. The third kappa shape index (κ3) is 5.68. The number of hydrogen-bond acceptors (Lipinski definition) is 3. The lowest BCUT2D eigenvalue weighted by atomic mass is 10.1. The molecule has 3 N–H and O–H groups in total. The van der Waals surface area contributed by atoms with E-state index in [0.717, 1.165) is 11.1 Å². The Balaban J connectivity index is 1.73. The van der Waals surface area contributed by atoms with Gasteiger partial charge in [-0.1, -0.05) is 60.7 Å². The van der Waals surface area contributed by atoms with E-state index in [-0.39, 0.29) is 25.0 Å². The van der Waals surface area contributed by atoms with E-state index in [4.69, 9.17) is 0 Å². The van der Waals surface area contributed by atoms with Gasteiger partial charge in [0.05, 0.1) is 6.61 Å². The molecule has 116 valence electrons. The molecule has 4 nitrogen and oxygen atoms in total. The Hall–Kier alpha value is -2.17. The topological polar surface area (TPSA) is 61.4 Å². The van der Waals surface area contributed by atoms with Gasteiger partial charge >= 0.3 is 0 Å². The van der Waals surface area contributed by atoms with Crippen LogP contribution in [0, 0.1) is 0 Å². The van der Waals surface area contributed by atoms with E-state index in [0.29, 0.717) is 13.1 Å². The van der Waals surface area contributed by atoms with Crippen molar-refractivity contribution in [1.82, 2.24) is 10.6 Å². The van der Waals surface area contributed by atoms with Crippen molar-refractivity contribution >= 4 is 5.91 Å². The van der Waals surface area contributed by atoms with Crippen LogP contribution < -0.4 is 10.6 Å². The molecule has 2 aromatic carbocycles. The molecule has 0 bridgehead atoms. The molecule has 4 heteroatoms. The first-order valence-electron chi connectivity index (χ1n) is 7.46. The van der Waals surface area contributed by atoms with Crippen LogP contribution in [0.2, 0.25) is 0 Å². The summed E-state index contributed by atoms with van der Waals surface area (Å²) in [5.74, 6) is -0.0662. The van der Waals surface area contributed by atoms with Gasteiger partial charge in [0.25, 0.3) is 0 Å². The van der Waals surface area contributed by atoms with Crippen LogP contribution in [-0.4, -0.2) is 23.7 Å². The van der Waals surface area contributed by atoms with Gasteiger partial charge in [-0.15, -0.1) is 0 Å². The van der Waals surface area contributed by atoms with Gasteiger partial charge in [0.1, 0.15) is 0 Å². The number of rotatable bonds is 8. The van der Waals surface area contributed by atoms with Crippen molar-refractivity contribution in [3.05, 3.63) is 71.8 Å². The molecule has 0 spiro atoms. The second kappa shape index (κ2) is 8.97. The normalized spacial score (nSPS) is 11.9. The number of aliphatic hydroxyl groups excluding tert-OH is 1. The Morgan fingerprint density at radius 2 is 1.45 bits per heavy atom. The van der Waals surface area contributed by atoms with Crippen molar-refractivity contribution in [2.75, 3.05) is 6.61 Å². The van der Waals surface area contributed by atoms with Crippen molar-refractivity contribution in [1.29, 1.82) is 0 Å². The largest absolute Gasteiger partial charge is 0.395 e. The second-order valence-corrected chi connectivity index (χ2v) is 5.21. The van der Waals surface area contributed by atoms with E-state index >= 15 is 0 Å². The molecule has 0 aromatic heterocycles. The van der Waals surface area contributed by atoms with Gasteiger partial charge in [-0.3, -0.25) is 4.79 Å². The molecular formula is C18H22N2O2. The maximum atomic E-state index is 11.9. The Morgan fingerprint density at radius 3 is 2.00 bits per heavy atom. The van der Waals surface area contributed by atoms with E-state index in [1.807, 2.05) is 60.7 Å².